The molecule has 3 aromatic rings. The number of ether oxygens (including phenoxy) is 1. The number of aromatic nitrogens is 3. The van der Waals surface area contributed by atoms with Gasteiger partial charge in [-0.15, -0.1) is 10.2 Å². The second-order valence-electron chi connectivity index (χ2n) is 4.12. The highest BCUT2D eigenvalue weighted by Gasteiger charge is 2.04. The summed E-state index contributed by atoms with van der Waals surface area (Å²) in [6.45, 7) is 0.421. The summed E-state index contributed by atoms with van der Waals surface area (Å²) in [5.74, 6) is 1.68. The van der Waals surface area contributed by atoms with Crippen molar-refractivity contribution in [1.82, 2.24) is 14.8 Å². The van der Waals surface area contributed by atoms with Crippen molar-refractivity contribution in [3.05, 3.63) is 54.6 Å². The lowest BCUT2D eigenvalue weighted by Crippen LogP contribution is -2.03. The van der Waals surface area contributed by atoms with Crippen LogP contribution in [0.4, 0.5) is 0 Å². The Morgan fingerprint density at radius 2 is 1.94 bits per heavy atom. The lowest BCUT2D eigenvalue weighted by Gasteiger charge is -2.08. The zero-order valence-corrected chi connectivity index (χ0v) is 10.1. The summed E-state index contributed by atoms with van der Waals surface area (Å²) in [7, 11) is 1.90. The predicted octanol–water partition coefficient (Wildman–Crippen LogP) is 2.55. The molecule has 4 heteroatoms. The first-order chi connectivity index (χ1) is 8.84. The van der Waals surface area contributed by atoms with Gasteiger partial charge in [0.2, 0.25) is 0 Å². The highest BCUT2D eigenvalue weighted by atomic mass is 16.5. The third kappa shape index (κ3) is 1.93. The average Bonchev–Trinajstić information content (AvgIpc) is 2.82. The molecule has 0 N–H and O–H groups in total. The Hall–Kier alpha value is -2.36. The van der Waals surface area contributed by atoms with Gasteiger partial charge in [-0.05, 0) is 11.5 Å². The van der Waals surface area contributed by atoms with Gasteiger partial charge in [-0.2, -0.15) is 0 Å². The minimum absolute atomic E-state index is 0.421. The smallest absolute Gasteiger partial charge is 0.170 e. The molecule has 0 atom stereocenters. The summed E-state index contributed by atoms with van der Waals surface area (Å²) < 4.78 is 7.67. The quantitative estimate of drug-likeness (QED) is 0.705. The molecule has 0 aliphatic heterocycles. The Labute approximate surface area is 105 Å². The number of hydrogen-bond acceptors (Lipinski definition) is 3. The number of rotatable bonds is 3. The van der Waals surface area contributed by atoms with Crippen LogP contribution in [0.15, 0.2) is 48.8 Å². The van der Waals surface area contributed by atoms with E-state index in [9.17, 15) is 0 Å². The molecule has 0 amide bonds. The molecular weight excluding hydrogens is 226 g/mol. The van der Waals surface area contributed by atoms with Crippen LogP contribution in [0.5, 0.6) is 5.75 Å². The lowest BCUT2D eigenvalue weighted by atomic mass is 10.1. The Balaban J connectivity index is 1.89. The number of hydrogen-bond donors (Lipinski definition) is 0. The van der Waals surface area contributed by atoms with Crippen molar-refractivity contribution in [2.45, 2.75) is 6.61 Å². The molecule has 3 rings (SSSR count). The molecule has 0 fully saturated rings. The van der Waals surface area contributed by atoms with Gasteiger partial charge in [-0.1, -0.05) is 36.4 Å². The van der Waals surface area contributed by atoms with Crippen molar-refractivity contribution in [1.29, 1.82) is 0 Å². The largest absolute Gasteiger partial charge is 0.485 e. The van der Waals surface area contributed by atoms with Crippen LogP contribution >= 0.6 is 0 Å². The molecule has 0 bridgehead atoms. The van der Waals surface area contributed by atoms with Crippen molar-refractivity contribution in [2.75, 3.05) is 0 Å². The van der Waals surface area contributed by atoms with Crippen molar-refractivity contribution in [3.8, 4) is 5.75 Å². The fourth-order valence-electron chi connectivity index (χ4n) is 1.90. The zero-order chi connectivity index (χ0) is 12.4. The molecule has 0 saturated carbocycles. The van der Waals surface area contributed by atoms with Gasteiger partial charge >= 0.3 is 0 Å². The van der Waals surface area contributed by atoms with E-state index in [4.69, 9.17) is 4.74 Å². The molecule has 1 heterocycles. The van der Waals surface area contributed by atoms with Crippen LogP contribution in [0.2, 0.25) is 0 Å². The van der Waals surface area contributed by atoms with Crippen LogP contribution in [-0.2, 0) is 13.7 Å². The van der Waals surface area contributed by atoms with E-state index >= 15 is 0 Å². The second kappa shape index (κ2) is 4.49. The Morgan fingerprint density at radius 1 is 1.11 bits per heavy atom. The molecule has 2 aromatic carbocycles. The van der Waals surface area contributed by atoms with Crippen molar-refractivity contribution >= 4 is 10.8 Å². The van der Waals surface area contributed by atoms with Crippen LogP contribution < -0.4 is 4.74 Å². The molecule has 0 unspecified atom stereocenters. The van der Waals surface area contributed by atoms with Crippen LogP contribution in [0.3, 0.4) is 0 Å². The normalized spacial score (nSPS) is 10.7. The zero-order valence-electron chi connectivity index (χ0n) is 10.1. The highest BCUT2D eigenvalue weighted by molar-refractivity contribution is 5.88. The molecule has 4 nitrogen and oxygen atoms in total. The number of aryl methyl sites for hydroxylation is 1. The van der Waals surface area contributed by atoms with E-state index in [1.807, 2.05) is 35.9 Å². The van der Waals surface area contributed by atoms with Crippen LogP contribution in [0.25, 0.3) is 10.8 Å². The Morgan fingerprint density at radius 3 is 2.78 bits per heavy atom. The van der Waals surface area contributed by atoms with Crippen LogP contribution in [0, 0.1) is 0 Å². The summed E-state index contributed by atoms with van der Waals surface area (Å²) in [5.41, 5.74) is 0. The number of nitrogens with zero attached hydrogens (tertiary/aromatic N) is 3. The van der Waals surface area contributed by atoms with Crippen molar-refractivity contribution in [2.24, 2.45) is 7.05 Å². The molecule has 18 heavy (non-hydrogen) atoms. The third-order valence-electron chi connectivity index (χ3n) is 2.91. The average molecular weight is 239 g/mol. The Kier molecular flexibility index (Phi) is 2.68. The minimum Gasteiger partial charge on any atom is -0.485 e. The Bertz CT molecular complexity index is 670. The molecule has 0 aliphatic rings. The second-order valence-corrected chi connectivity index (χ2v) is 4.12. The number of benzene rings is 2. The first-order valence-electron chi connectivity index (χ1n) is 5.78. The molecule has 0 radical (unpaired) electrons. The number of fused-ring (bicyclic) bond motifs is 1. The summed E-state index contributed by atoms with van der Waals surface area (Å²) in [5, 5.41) is 10.1. The van der Waals surface area contributed by atoms with Gasteiger partial charge in [0.15, 0.2) is 5.82 Å². The van der Waals surface area contributed by atoms with Crippen molar-refractivity contribution < 1.29 is 4.74 Å². The van der Waals surface area contributed by atoms with Gasteiger partial charge in [-0.3, -0.25) is 0 Å². The SMILES string of the molecule is Cn1cnnc1COc1cccc2ccccc12. The maximum absolute atomic E-state index is 5.82. The minimum atomic E-state index is 0.421. The summed E-state index contributed by atoms with van der Waals surface area (Å²) in [6, 6.07) is 14.2. The van der Waals surface area contributed by atoms with Gasteiger partial charge < -0.3 is 9.30 Å². The van der Waals surface area contributed by atoms with E-state index in [2.05, 4.69) is 28.4 Å². The van der Waals surface area contributed by atoms with E-state index in [-0.39, 0.29) is 0 Å². The fraction of sp³-hybridized carbons (Fsp3) is 0.143. The van der Waals surface area contributed by atoms with E-state index in [1.54, 1.807) is 6.33 Å². The monoisotopic (exact) mass is 239 g/mol. The predicted molar refractivity (Wildman–Crippen MR) is 69.3 cm³/mol. The maximum Gasteiger partial charge on any atom is 0.170 e. The molecule has 90 valence electrons. The first-order valence-corrected chi connectivity index (χ1v) is 5.78. The van der Waals surface area contributed by atoms with E-state index in [0.717, 1.165) is 17.0 Å². The summed E-state index contributed by atoms with van der Waals surface area (Å²) >= 11 is 0. The van der Waals surface area contributed by atoms with Gasteiger partial charge in [0.25, 0.3) is 0 Å². The topological polar surface area (TPSA) is 39.9 Å². The fourth-order valence-corrected chi connectivity index (χ4v) is 1.90. The van der Waals surface area contributed by atoms with Gasteiger partial charge in [-0.25, -0.2) is 0 Å². The van der Waals surface area contributed by atoms with Crippen LogP contribution in [0.1, 0.15) is 5.82 Å². The summed E-state index contributed by atoms with van der Waals surface area (Å²) in [6.07, 6.45) is 1.67. The molecule has 0 spiro atoms. The van der Waals surface area contributed by atoms with Crippen molar-refractivity contribution in [3.63, 3.8) is 0 Å². The van der Waals surface area contributed by atoms with Gasteiger partial charge in [0.05, 0.1) is 0 Å². The highest BCUT2D eigenvalue weighted by Crippen LogP contribution is 2.25. The third-order valence-corrected chi connectivity index (χ3v) is 2.91. The maximum atomic E-state index is 5.82. The standard InChI is InChI=1S/C14H13N3O/c1-17-10-15-16-14(17)9-18-13-8-4-6-11-5-2-3-7-12(11)13/h2-8,10H,9H2,1H3. The molecule has 1 aromatic heterocycles. The first kappa shape index (κ1) is 10.8. The molecule has 0 saturated heterocycles. The van der Waals surface area contributed by atoms with E-state index < -0.39 is 0 Å². The van der Waals surface area contributed by atoms with Gasteiger partial charge in [0, 0.05) is 12.4 Å². The molecule has 0 aliphatic carbocycles. The molecular formula is C14H13N3O. The van der Waals surface area contributed by atoms with Gasteiger partial charge in [0.1, 0.15) is 18.7 Å². The van der Waals surface area contributed by atoms with E-state index in [0.29, 0.717) is 6.61 Å². The summed E-state index contributed by atoms with van der Waals surface area (Å²) in [4.78, 5) is 0. The lowest BCUT2D eigenvalue weighted by molar-refractivity contribution is 0.295. The van der Waals surface area contributed by atoms with Crippen LogP contribution in [-0.4, -0.2) is 14.8 Å². The van der Waals surface area contributed by atoms with E-state index in [1.165, 1.54) is 5.39 Å².